The van der Waals surface area contributed by atoms with Crippen molar-refractivity contribution in [1.29, 1.82) is 0 Å². The van der Waals surface area contributed by atoms with Crippen molar-refractivity contribution >= 4 is 33.3 Å². The Labute approximate surface area is 172 Å². The van der Waals surface area contributed by atoms with Crippen molar-refractivity contribution in [2.75, 3.05) is 0 Å². The minimum Gasteiger partial charge on any atom is -0.287 e. The number of hydrogen-bond donors (Lipinski definition) is 0. The minimum atomic E-state index is -0.459. The van der Waals surface area contributed by atoms with Crippen molar-refractivity contribution in [3.63, 3.8) is 0 Å². The van der Waals surface area contributed by atoms with Crippen LogP contribution >= 0.6 is 27.5 Å². The van der Waals surface area contributed by atoms with E-state index < -0.39 is 5.69 Å². The molecular weight excluding hydrogens is 448 g/mol. The van der Waals surface area contributed by atoms with Crippen LogP contribution in [-0.2, 0) is 7.05 Å². The predicted octanol–water partition coefficient (Wildman–Crippen LogP) is 2.80. The van der Waals surface area contributed by atoms with Crippen LogP contribution in [0.2, 0.25) is 5.02 Å². The Kier molecular flexibility index (Phi) is 4.70. The first kappa shape index (κ1) is 18.3. The fourth-order valence-corrected chi connectivity index (χ4v) is 3.35. The third kappa shape index (κ3) is 3.19. The third-order valence-electron chi connectivity index (χ3n) is 4.08. The van der Waals surface area contributed by atoms with Gasteiger partial charge in [0.15, 0.2) is 0 Å². The van der Waals surface area contributed by atoms with Crippen LogP contribution in [0, 0.1) is 0 Å². The van der Waals surface area contributed by atoms with Gasteiger partial charge in [0.25, 0.3) is 0 Å². The molecule has 4 rings (SSSR count). The van der Waals surface area contributed by atoms with Gasteiger partial charge in [-0.05, 0) is 68.8 Å². The highest BCUT2D eigenvalue weighted by atomic mass is 79.9. The molecule has 28 heavy (non-hydrogen) atoms. The number of tetrazole rings is 1. The Balaban J connectivity index is 1.78. The highest BCUT2D eigenvalue weighted by Gasteiger charge is 2.22. The normalized spacial score (nSPS) is 11.0. The maximum absolute atomic E-state index is 13.2. The molecule has 0 N–H and O–H groups in total. The van der Waals surface area contributed by atoms with Crippen molar-refractivity contribution in [2.24, 2.45) is 7.05 Å². The molecule has 0 aliphatic heterocycles. The number of ketones is 1. The summed E-state index contributed by atoms with van der Waals surface area (Å²) < 4.78 is 4.27. The Morgan fingerprint density at radius 3 is 2.50 bits per heavy atom. The minimum absolute atomic E-state index is 0.222. The van der Waals surface area contributed by atoms with E-state index >= 15 is 0 Å². The van der Waals surface area contributed by atoms with E-state index in [1.165, 1.54) is 7.05 Å². The summed E-state index contributed by atoms with van der Waals surface area (Å²) in [5.74, 6) is -0.354. The number of hydrogen-bond acceptors (Lipinski definition) is 5. The summed E-state index contributed by atoms with van der Waals surface area (Å²) in [7, 11) is 1.49. The Morgan fingerprint density at radius 1 is 1.07 bits per heavy atom. The molecule has 8 nitrogen and oxygen atoms in total. The first-order valence-corrected chi connectivity index (χ1v) is 9.27. The fourth-order valence-electron chi connectivity index (χ4n) is 2.69. The van der Waals surface area contributed by atoms with Crippen LogP contribution in [0.15, 0.2) is 64.0 Å². The highest BCUT2D eigenvalue weighted by molar-refractivity contribution is 9.10. The molecule has 10 heteroatoms. The summed E-state index contributed by atoms with van der Waals surface area (Å²) in [5.41, 5.74) is 1.12. The largest absolute Gasteiger partial charge is 0.368 e. The molecule has 0 amide bonds. The van der Waals surface area contributed by atoms with Gasteiger partial charge < -0.3 is 0 Å². The summed E-state index contributed by atoms with van der Waals surface area (Å²) in [6.07, 6.45) is 1.68. The van der Waals surface area contributed by atoms with E-state index in [0.717, 1.165) is 15.1 Å². The molecule has 2 aromatic heterocycles. The zero-order valence-electron chi connectivity index (χ0n) is 14.5. The smallest absolute Gasteiger partial charge is 0.287 e. The zero-order valence-corrected chi connectivity index (χ0v) is 16.8. The summed E-state index contributed by atoms with van der Waals surface area (Å²) in [6, 6.07) is 13.7. The molecule has 0 fully saturated rings. The number of halogens is 2. The van der Waals surface area contributed by atoms with Gasteiger partial charge in [0.1, 0.15) is 5.69 Å². The van der Waals surface area contributed by atoms with Gasteiger partial charge in [-0.25, -0.2) is 9.48 Å². The van der Waals surface area contributed by atoms with Crippen LogP contribution < -0.4 is 5.69 Å². The van der Waals surface area contributed by atoms with Gasteiger partial charge in [0, 0.05) is 22.7 Å². The highest BCUT2D eigenvalue weighted by Crippen LogP contribution is 2.25. The number of rotatable bonds is 4. The van der Waals surface area contributed by atoms with Gasteiger partial charge in [-0.1, -0.05) is 17.7 Å². The number of benzene rings is 2. The average Bonchev–Trinajstić information content (AvgIpc) is 3.30. The van der Waals surface area contributed by atoms with Crippen molar-refractivity contribution < 1.29 is 4.79 Å². The van der Waals surface area contributed by atoms with E-state index in [1.54, 1.807) is 59.4 Å². The predicted molar refractivity (Wildman–Crippen MR) is 106 cm³/mol. The third-order valence-corrected chi connectivity index (χ3v) is 4.99. The Morgan fingerprint density at radius 2 is 1.82 bits per heavy atom. The summed E-state index contributed by atoms with van der Waals surface area (Å²) in [6.45, 7) is 0. The van der Waals surface area contributed by atoms with Gasteiger partial charge in [-0.15, -0.1) is 0 Å². The van der Waals surface area contributed by atoms with Crippen LogP contribution in [0.1, 0.15) is 16.1 Å². The van der Waals surface area contributed by atoms with E-state index in [9.17, 15) is 9.59 Å². The lowest BCUT2D eigenvalue weighted by Crippen LogP contribution is -2.24. The molecule has 0 aliphatic rings. The second-order valence-corrected chi connectivity index (χ2v) is 7.17. The zero-order chi connectivity index (χ0) is 19.8. The number of aryl methyl sites for hydroxylation is 1. The Bertz CT molecular complexity index is 1240. The molecule has 2 aromatic carbocycles. The van der Waals surface area contributed by atoms with Gasteiger partial charge in [-0.2, -0.15) is 14.5 Å². The monoisotopic (exact) mass is 458 g/mol. The molecule has 0 aliphatic carbocycles. The lowest BCUT2D eigenvalue weighted by atomic mass is 10.1. The maximum Gasteiger partial charge on any atom is 0.368 e. The van der Waals surface area contributed by atoms with Crippen LogP contribution in [0.25, 0.3) is 11.4 Å². The van der Waals surface area contributed by atoms with Crippen molar-refractivity contribution in [3.05, 3.63) is 86.0 Å². The SMILES string of the molecule is Cn1nnn(-c2cccc(Br)c2C(=O)c2ccn(-c3ccc(Cl)cc3)n2)c1=O. The van der Waals surface area contributed by atoms with Crippen molar-refractivity contribution in [3.8, 4) is 11.4 Å². The standard InChI is InChI=1S/C18H12BrClN6O2/c1-24-18(28)26(23-22-24)15-4-2-3-13(19)16(15)17(27)14-9-10-25(21-14)12-7-5-11(20)6-8-12/h2-10H,1H3. The molecule has 0 bridgehead atoms. The van der Waals surface area contributed by atoms with Crippen LogP contribution in [-0.4, -0.2) is 35.4 Å². The molecule has 0 saturated carbocycles. The number of carbonyl (C=O) groups is 1. The first-order valence-electron chi connectivity index (χ1n) is 8.10. The van der Waals surface area contributed by atoms with E-state index in [4.69, 9.17) is 11.6 Å². The maximum atomic E-state index is 13.2. The number of carbonyl (C=O) groups excluding carboxylic acids is 1. The molecular formula is C18H12BrClN6O2. The lowest BCUT2D eigenvalue weighted by Gasteiger charge is -2.08. The molecule has 0 saturated heterocycles. The fraction of sp³-hybridized carbons (Fsp3) is 0.0556. The van der Waals surface area contributed by atoms with Crippen LogP contribution in [0.4, 0.5) is 0 Å². The van der Waals surface area contributed by atoms with Gasteiger partial charge in [-0.3, -0.25) is 4.79 Å². The van der Waals surface area contributed by atoms with Crippen molar-refractivity contribution in [1.82, 2.24) is 29.6 Å². The molecule has 2 heterocycles. The van der Waals surface area contributed by atoms with Crippen LogP contribution in [0.3, 0.4) is 0 Å². The second kappa shape index (κ2) is 7.17. The molecule has 0 atom stereocenters. The molecule has 4 aromatic rings. The topological polar surface area (TPSA) is 87.6 Å². The van der Waals surface area contributed by atoms with Crippen molar-refractivity contribution in [2.45, 2.75) is 0 Å². The van der Waals surface area contributed by atoms with E-state index in [1.807, 2.05) is 0 Å². The molecule has 0 unspecified atom stereocenters. The number of aromatic nitrogens is 6. The van der Waals surface area contributed by atoms with E-state index in [-0.39, 0.29) is 17.0 Å². The quantitative estimate of drug-likeness (QED) is 0.438. The summed E-state index contributed by atoms with van der Waals surface area (Å²) >= 11 is 9.31. The van der Waals surface area contributed by atoms with Crippen LogP contribution in [0.5, 0.6) is 0 Å². The summed E-state index contributed by atoms with van der Waals surface area (Å²) in [5, 5.41) is 12.5. The van der Waals surface area contributed by atoms with E-state index in [2.05, 4.69) is 31.5 Å². The second-order valence-electron chi connectivity index (χ2n) is 5.88. The van der Waals surface area contributed by atoms with Gasteiger partial charge in [0.2, 0.25) is 5.78 Å². The molecule has 140 valence electrons. The first-order chi connectivity index (χ1) is 13.5. The molecule has 0 spiro atoms. The lowest BCUT2D eigenvalue weighted by molar-refractivity contribution is 0.103. The molecule has 0 radical (unpaired) electrons. The Hall–Kier alpha value is -3.04. The average molecular weight is 460 g/mol. The summed E-state index contributed by atoms with van der Waals surface area (Å²) in [4.78, 5) is 25.4. The van der Waals surface area contributed by atoms with Gasteiger partial charge >= 0.3 is 5.69 Å². The van der Waals surface area contributed by atoms with E-state index in [0.29, 0.717) is 15.2 Å². The van der Waals surface area contributed by atoms with Gasteiger partial charge in [0.05, 0.1) is 16.9 Å². The number of nitrogens with zero attached hydrogens (tertiary/aromatic N) is 6.